The van der Waals surface area contributed by atoms with Gasteiger partial charge in [0.15, 0.2) is 5.79 Å². The van der Waals surface area contributed by atoms with Crippen LogP contribution in [0.15, 0.2) is 0 Å². The lowest BCUT2D eigenvalue weighted by molar-refractivity contribution is -0.139. The zero-order valence-electron chi connectivity index (χ0n) is 7.60. The van der Waals surface area contributed by atoms with Crippen molar-refractivity contribution in [3.8, 4) is 0 Å². The van der Waals surface area contributed by atoms with Crippen LogP contribution in [0.5, 0.6) is 0 Å². The molecule has 1 aromatic heterocycles. The smallest absolute Gasteiger partial charge is 0.221 e. The molecule has 1 saturated heterocycles. The Kier molecular flexibility index (Phi) is 2.01. The average molecular weight is 183 g/mol. The van der Waals surface area contributed by atoms with Gasteiger partial charge in [-0.2, -0.15) is 0 Å². The fourth-order valence-corrected chi connectivity index (χ4v) is 1.28. The predicted octanol–water partition coefficient (Wildman–Crippen LogP) is -0.375. The van der Waals surface area contributed by atoms with Crippen molar-refractivity contribution < 1.29 is 9.47 Å². The highest BCUT2D eigenvalue weighted by Crippen LogP contribution is 2.22. The van der Waals surface area contributed by atoms with Gasteiger partial charge in [-0.1, -0.05) is 0 Å². The lowest BCUT2D eigenvalue weighted by Gasteiger charge is -2.16. The van der Waals surface area contributed by atoms with E-state index in [1.54, 1.807) is 0 Å². The van der Waals surface area contributed by atoms with Gasteiger partial charge in [-0.25, -0.2) is 4.68 Å². The van der Waals surface area contributed by atoms with Crippen LogP contribution in [0.4, 0.5) is 0 Å². The van der Waals surface area contributed by atoms with Crippen LogP contribution < -0.4 is 0 Å². The van der Waals surface area contributed by atoms with Gasteiger partial charge in [0.1, 0.15) is 6.10 Å². The quantitative estimate of drug-likeness (QED) is 0.625. The van der Waals surface area contributed by atoms with E-state index < -0.39 is 5.79 Å². The van der Waals surface area contributed by atoms with Crippen molar-refractivity contribution >= 4 is 0 Å². The van der Waals surface area contributed by atoms with Gasteiger partial charge < -0.3 is 9.47 Å². The highest BCUT2D eigenvalue weighted by atomic mass is 16.7. The van der Waals surface area contributed by atoms with Crippen LogP contribution in [0, 0.1) is 6.33 Å². The van der Waals surface area contributed by atoms with E-state index in [0.29, 0.717) is 13.2 Å². The maximum Gasteiger partial charge on any atom is 0.221 e. The Bertz CT molecular complexity index is 272. The van der Waals surface area contributed by atoms with Crippen molar-refractivity contribution in [1.82, 2.24) is 20.2 Å². The third kappa shape index (κ3) is 2.02. The maximum absolute atomic E-state index is 5.56. The third-order valence-electron chi connectivity index (χ3n) is 1.80. The summed E-state index contributed by atoms with van der Waals surface area (Å²) in [7, 11) is 0. The van der Waals surface area contributed by atoms with Gasteiger partial charge in [-0.15, -0.1) is 5.10 Å². The number of nitrogens with zero attached hydrogens (tertiary/aromatic N) is 4. The Morgan fingerprint density at radius 1 is 1.62 bits per heavy atom. The summed E-state index contributed by atoms with van der Waals surface area (Å²) in [5.41, 5.74) is 0. The van der Waals surface area contributed by atoms with Crippen LogP contribution in [-0.2, 0) is 16.0 Å². The van der Waals surface area contributed by atoms with Gasteiger partial charge in [-0.05, 0) is 24.3 Å². The SMILES string of the molecule is CC1(C)OCC(Cn2[c]nnn2)O1. The molecule has 0 N–H and O–H groups in total. The molecule has 1 aliphatic rings. The molecule has 0 saturated carbocycles. The van der Waals surface area contributed by atoms with E-state index in [0.717, 1.165) is 0 Å². The monoisotopic (exact) mass is 183 g/mol. The summed E-state index contributed by atoms with van der Waals surface area (Å²) in [6.07, 6.45) is 2.61. The Balaban J connectivity index is 1.91. The van der Waals surface area contributed by atoms with Crippen LogP contribution in [-0.4, -0.2) is 38.7 Å². The molecule has 2 rings (SSSR count). The number of tetrazole rings is 1. The number of aromatic nitrogens is 4. The Morgan fingerprint density at radius 2 is 2.46 bits per heavy atom. The fourth-order valence-electron chi connectivity index (χ4n) is 1.28. The van der Waals surface area contributed by atoms with Crippen molar-refractivity contribution in [2.75, 3.05) is 6.61 Å². The molecule has 2 heterocycles. The minimum absolute atomic E-state index is 0.00903. The Labute approximate surface area is 75.8 Å². The second-order valence-electron chi connectivity index (χ2n) is 3.41. The first-order chi connectivity index (χ1) is 6.16. The molecule has 0 aromatic carbocycles. The van der Waals surface area contributed by atoms with Gasteiger partial charge in [-0.3, -0.25) is 0 Å². The minimum atomic E-state index is -0.487. The van der Waals surface area contributed by atoms with Crippen molar-refractivity contribution in [3.63, 3.8) is 0 Å². The molecule has 1 atom stereocenters. The van der Waals surface area contributed by atoms with Crippen LogP contribution >= 0.6 is 0 Å². The van der Waals surface area contributed by atoms with Gasteiger partial charge >= 0.3 is 0 Å². The minimum Gasteiger partial charge on any atom is -0.348 e. The van der Waals surface area contributed by atoms with Crippen molar-refractivity contribution in [1.29, 1.82) is 0 Å². The number of hydrogen-bond donors (Lipinski definition) is 0. The molecule has 1 aliphatic heterocycles. The molecule has 13 heavy (non-hydrogen) atoms. The standard InChI is InChI=1S/C7H11N4O2/c1-7(2)12-4-6(13-7)3-11-5-8-9-10-11/h6H,3-4H2,1-2H3. The van der Waals surface area contributed by atoms with Crippen LogP contribution in [0.3, 0.4) is 0 Å². The lowest BCUT2D eigenvalue weighted by Crippen LogP contribution is -2.24. The van der Waals surface area contributed by atoms with E-state index in [4.69, 9.17) is 9.47 Å². The number of rotatable bonds is 2. The third-order valence-corrected chi connectivity index (χ3v) is 1.80. The summed E-state index contributed by atoms with van der Waals surface area (Å²) in [6, 6.07) is 0. The summed E-state index contributed by atoms with van der Waals surface area (Å²) >= 11 is 0. The molecule has 0 spiro atoms. The van der Waals surface area contributed by atoms with E-state index >= 15 is 0 Å². The lowest BCUT2D eigenvalue weighted by atomic mass is 10.4. The molecule has 0 aliphatic carbocycles. The van der Waals surface area contributed by atoms with Gasteiger partial charge in [0.25, 0.3) is 0 Å². The molecule has 1 radical (unpaired) electrons. The molecule has 6 heteroatoms. The summed E-state index contributed by atoms with van der Waals surface area (Å²) in [5.74, 6) is -0.487. The van der Waals surface area contributed by atoms with E-state index in [2.05, 4.69) is 21.9 Å². The van der Waals surface area contributed by atoms with Crippen molar-refractivity contribution in [2.24, 2.45) is 0 Å². The first-order valence-corrected chi connectivity index (χ1v) is 4.11. The normalized spacial score (nSPS) is 26.5. The second kappa shape index (κ2) is 3.04. The van der Waals surface area contributed by atoms with Crippen LogP contribution in [0.1, 0.15) is 13.8 Å². The Morgan fingerprint density at radius 3 is 3.00 bits per heavy atom. The topological polar surface area (TPSA) is 62.1 Å². The fraction of sp³-hybridized carbons (Fsp3) is 0.857. The molecule has 71 valence electrons. The summed E-state index contributed by atoms with van der Waals surface area (Å²) in [6.45, 7) is 4.92. The predicted molar refractivity (Wildman–Crippen MR) is 41.6 cm³/mol. The molecule has 0 amide bonds. The number of hydrogen-bond acceptors (Lipinski definition) is 5. The maximum atomic E-state index is 5.56. The highest BCUT2D eigenvalue weighted by molar-refractivity contribution is 4.70. The molecular weight excluding hydrogens is 172 g/mol. The van der Waals surface area contributed by atoms with Crippen LogP contribution in [0.2, 0.25) is 0 Å². The van der Waals surface area contributed by atoms with Crippen molar-refractivity contribution in [3.05, 3.63) is 6.33 Å². The summed E-state index contributed by atoms with van der Waals surface area (Å²) < 4.78 is 12.5. The molecule has 6 nitrogen and oxygen atoms in total. The molecular formula is C7H11N4O2. The van der Waals surface area contributed by atoms with E-state index in [9.17, 15) is 0 Å². The zero-order valence-corrected chi connectivity index (χ0v) is 7.60. The first-order valence-electron chi connectivity index (χ1n) is 4.11. The molecule has 1 unspecified atom stereocenters. The average Bonchev–Trinajstić information content (AvgIpc) is 2.61. The van der Waals surface area contributed by atoms with E-state index in [-0.39, 0.29) is 6.10 Å². The van der Waals surface area contributed by atoms with E-state index in [1.807, 2.05) is 13.8 Å². The van der Waals surface area contributed by atoms with Gasteiger partial charge in [0, 0.05) is 0 Å². The first kappa shape index (κ1) is 8.58. The largest absolute Gasteiger partial charge is 0.348 e. The molecule has 1 fully saturated rings. The van der Waals surface area contributed by atoms with Gasteiger partial charge in [0.05, 0.1) is 13.2 Å². The number of ether oxygens (including phenoxy) is 2. The summed E-state index contributed by atoms with van der Waals surface area (Å²) in [4.78, 5) is 0. The highest BCUT2D eigenvalue weighted by Gasteiger charge is 2.32. The molecule has 0 bridgehead atoms. The van der Waals surface area contributed by atoms with Gasteiger partial charge in [0.2, 0.25) is 6.33 Å². The van der Waals surface area contributed by atoms with E-state index in [1.165, 1.54) is 4.68 Å². The zero-order chi connectivity index (χ0) is 9.31. The summed E-state index contributed by atoms with van der Waals surface area (Å²) in [5, 5.41) is 10.6. The van der Waals surface area contributed by atoms with Crippen LogP contribution in [0.25, 0.3) is 0 Å². The second-order valence-corrected chi connectivity index (χ2v) is 3.41. The van der Waals surface area contributed by atoms with Crippen molar-refractivity contribution in [2.45, 2.75) is 32.3 Å². The Hall–Kier alpha value is -1.01. The molecule has 1 aromatic rings.